The van der Waals surface area contributed by atoms with Crippen LogP contribution >= 0.6 is 11.3 Å². The van der Waals surface area contributed by atoms with Gasteiger partial charge in [0.15, 0.2) is 0 Å². The van der Waals surface area contributed by atoms with Crippen LogP contribution in [0.1, 0.15) is 40.7 Å². The molecule has 0 aliphatic heterocycles. The molecule has 1 heterocycles. The molecule has 0 bridgehead atoms. The fourth-order valence-corrected chi connectivity index (χ4v) is 3.07. The molecule has 1 fully saturated rings. The van der Waals surface area contributed by atoms with Gasteiger partial charge < -0.3 is 5.32 Å². The summed E-state index contributed by atoms with van der Waals surface area (Å²) < 4.78 is 0. The van der Waals surface area contributed by atoms with Gasteiger partial charge in [0.2, 0.25) is 0 Å². The Bertz CT molecular complexity index is 626. The second kappa shape index (κ2) is 5.37. The molecule has 1 saturated carbocycles. The van der Waals surface area contributed by atoms with E-state index in [1.54, 1.807) is 0 Å². The van der Waals surface area contributed by atoms with Gasteiger partial charge in [-0.15, -0.1) is 11.3 Å². The van der Waals surface area contributed by atoms with Crippen LogP contribution in [0.5, 0.6) is 0 Å². The largest absolute Gasteiger partial charge is 0.349 e. The molecule has 0 saturated heterocycles. The number of hydrogen-bond donors (Lipinski definition) is 1. The van der Waals surface area contributed by atoms with Gasteiger partial charge in [-0.2, -0.15) is 0 Å². The third kappa shape index (κ3) is 2.75. The summed E-state index contributed by atoms with van der Waals surface area (Å²) in [6.07, 6.45) is 3.25. The Morgan fingerprint density at radius 3 is 2.65 bits per heavy atom. The molecule has 0 atom stereocenters. The lowest BCUT2D eigenvalue weighted by molar-refractivity contribution is 0.0954. The van der Waals surface area contributed by atoms with E-state index < -0.39 is 0 Å². The van der Waals surface area contributed by atoms with Crippen molar-refractivity contribution >= 4 is 17.2 Å². The predicted octanol–water partition coefficient (Wildman–Crippen LogP) is 3.57. The quantitative estimate of drug-likeness (QED) is 0.933. The van der Waals surface area contributed by atoms with E-state index in [9.17, 15) is 4.79 Å². The molecule has 1 aromatic heterocycles. The molecule has 0 unspecified atom stereocenters. The van der Waals surface area contributed by atoms with E-state index in [-0.39, 0.29) is 5.91 Å². The minimum atomic E-state index is 0.0268. The minimum Gasteiger partial charge on any atom is -0.349 e. The SMILES string of the molecule is CCc1ccc(-c2nc(C)c(C(=O)NC3CC3)s2)cc1. The molecule has 3 rings (SSSR count). The topological polar surface area (TPSA) is 42.0 Å². The first-order valence-electron chi connectivity index (χ1n) is 7.05. The van der Waals surface area contributed by atoms with Crippen LogP contribution in [-0.4, -0.2) is 16.9 Å². The first-order valence-corrected chi connectivity index (χ1v) is 7.86. The van der Waals surface area contributed by atoms with Crippen LogP contribution in [0.25, 0.3) is 10.6 Å². The van der Waals surface area contributed by atoms with Crippen LogP contribution in [0, 0.1) is 6.92 Å². The summed E-state index contributed by atoms with van der Waals surface area (Å²) in [7, 11) is 0. The van der Waals surface area contributed by atoms with Gasteiger partial charge in [0.25, 0.3) is 5.91 Å². The van der Waals surface area contributed by atoms with E-state index in [1.165, 1.54) is 16.9 Å². The maximum Gasteiger partial charge on any atom is 0.263 e. The van der Waals surface area contributed by atoms with Crippen molar-refractivity contribution in [1.82, 2.24) is 10.3 Å². The Hall–Kier alpha value is -1.68. The van der Waals surface area contributed by atoms with Gasteiger partial charge in [0.05, 0.1) is 5.69 Å². The smallest absolute Gasteiger partial charge is 0.263 e. The first-order chi connectivity index (χ1) is 9.67. The van der Waals surface area contributed by atoms with Crippen molar-refractivity contribution in [2.24, 2.45) is 0 Å². The highest BCUT2D eigenvalue weighted by Gasteiger charge is 2.26. The fourth-order valence-electron chi connectivity index (χ4n) is 2.09. The minimum absolute atomic E-state index is 0.0268. The van der Waals surface area contributed by atoms with Crippen LogP contribution in [-0.2, 0) is 6.42 Å². The number of nitrogens with zero attached hydrogens (tertiary/aromatic N) is 1. The Morgan fingerprint density at radius 2 is 2.05 bits per heavy atom. The van der Waals surface area contributed by atoms with Crippen molar-refractivity contribution in [2.45, 2.75) is 39.2 Å². The molecule has 20 heavy (non-hydrogen) atoms. The second-order valence-corrected chi connectivity index (χ2v) is 6.23. The summed E-state index contributed by atoms with van der Waals surface area (Å²) in [6, 6.07) is 8.79. The van der Waals surface area contributed by atoms with Crippen molar-refractivity contribution in [3.8, 4) is 10.6 Å². The number of rotatable bonds is 4. The molecule has 4 heteroatoms. The molecule has 0 spiro atoms. The van der Waals surface area contributed by atoms with Crippen molar-refractivity contribution < 1.29 is 4.79 Å². The summed E-state index contributed by atoms with van der Waals surface area (Å²) in [6.45, 7) is 4.05. The lowest BCUT2D eigenvalue weighted by Crippen LogP contribution is -2.25. The third-order valence-electron chi connectivity index (χ3n) is 3.52. The summed E-state index contributed by atoms with van der Waals surface area (Å²) >= 11 is 1.48. The standard InChI is InChI=1S/C16H18N2OS/c1-3-11-4-6-12(7-5-11)16-17-10(2)14(20-16)15(19)18-13-8-9-13/h4-7,13H,3,8-9H2,1-2H3,(H,18,19). The average Bonchev–Trinajstić information content (AvgIpc) is 3.18. The highest BCUT2D eigenvalue weighted by Crippen LogP contribution is 2.29. The zero-order chi connectivity index (χ0) is 14.1. The average molecular weight is 286 g/mol. The molecule has 104 valence electrons. The number of aromatic nitrogens is 1. The number of hydrogen-bond acceptors (Lipinski definition) is 3. The van der Waals surface area contributed by atoms with Gasteiger partial charge in [-0.3, -0.25) is 4.79 Å². The molecule has 1 N–H and O–H groups in total. The lowest BCUT2D eigenvalue weighted by atomic mass is 10.1. The molecular weight excluding hydrogens is 268 g/mol. The molecule has 0 radical (unpaired) electrons. The van der Waals surface area contributed by atoms with Gasteiger partial charge in [-0.05, 0) is 31.7 Å². The van der Waals surface area contributed by atoms with Gasteiger partial charge in [-0.1, -0.05) is 31.2 Å². The van der Waals surface area contributed by atoms with Crippen LogP contribution in [0.4, 0.5) is 0 Å². The number of amides is 1. The number of thiazole rings is 1. The van der Waals surface area contributed by atoms with E-state index in [0.717, 1.165) is 40.4 Å². The molecule has 3 nitrogen and oxygen atoms in total. The number of benzene rings is 1. The van der Waals surface area contributed by atoms with Crippen molar-refractivity contribution in [3.63, 3.8) is 0 Å². The molecule has 1 aliphatic carbocycles. The summed E-state index contributed by atoms with van der Waals surface area (Å²) in [5.41, 5.74) is 3.22. The molecule has 2 aromatic rings. The summed E-state index contributed by atoms with van der Waals surface area (Å²) in [5.74, 6) is 0.0268. The van der Waals surface area contributed by atoms with Gasteiger partial charge in [0, 0.05) is 11.6 Å². The van der Waals surface area contributed by atoms with Crippen LogP contribution in [0.2, 0.25) is 0 Å². The lowest BCUT2D eigenvalue weighted by Gasteiger charge is -2.00. The van der Waals surface area contributed by atoms with Crippen molar-refractivity contribution in [1.29, 1.82) is 0 Å². The summed E-state index contributed by atoms with van der Waals surface area (Å²) in [4.78, 5) is 17.4. The molecule has 1 aromatic carbocycles. The van der Waals surface area contributed by atoms with E-state index >= 15 is 0 Å². The van der Waals surface area contributed by atoms with Crippen LogP contribution in [0.3, 0.4) is 0 Å². The molecule has 1 amide bonds. The normalized spacial score (nSPS) is 14.3. The second-order valence-electron chi connectivity index (χ2n) is 5.23. The van der Waals surface area contributed by atoms with E-state index in [4.69, 9.17) is 0 Å². The van der Waals surface area contributed by atoms with Gasteiger partial charge in [0.1, 0.15) is 9.88 Å². The van der Waals surface area contributed by atoms with Crippen molar-refractivity contribution in [2.75, 3.05) is 0 Å². The van der Waals surface area contributed by atoms with E-state index in [1.807, 2.05) is 6.92 Å². The maximum absolute atomic E-state index is 12.1. The highest BCUT2D eigenvalue weighted by molar-refractivity contribution is 7.17. The Labute approximate surface area is 123 Å². The fraction of sp³-hybridized carbons (Fsp3) is 0.375. The van der Waals surface area contributed by atoms with Crippen LogP contribution in [0.15, 0.2) is 24.3 Å². The van der Waals surface area contributed by atoms with Gasteiger partial charge in [-0.25, -0.2) is 4.98 Å². The van der Waals surface area contributed by atoms with Crippen LogP contribution < -0.4 is 5.32 Å². The predicted molar refractivity (Wildman–Crippen MR) is 82.2 cm³/mol. The van der Waals surface area contributed by atoms with E-state index in [2.05, 4.69) is 41.5 Å². The first kappa shape index (κ1) is 13.3. The number of carbonyl (C=O) groups is 1. The third-order valence-corrected chi connectivity index (χ3v) is 4.73. The molecular formula is C16H18N2OS. The maximum atomic E-state index is 12.1. The highest BCUT2D eigenvalue weighted by atomic mass is 32.1. The zero-order valence-corrected chi connectivity index (χ0v) is 12.6. The Kier molecular flexibility index (Phi) is 3.57. The number of aryl methyl sites for hydroxylation is 2. The Balaban J connectivity index is 1.84. The van der Waals surface area contributed by atoms with Crippen molar-refractivity contribution in [3.05, 3.63) is 40.4 Å². The Morgan fingerprint density at radius 1 is 1.35 bits per heavy atom. The number of carbonyl (C=O) groups excluding carboxylic acids is 1. The summed E-state index contributed by atoms with van der Waals surface area (Å²) in [5, 5.41) is 3.95. The van der Waals surface area contributed by atoms with Gasteiger partial charge >= 0.3 is 0 Å². The monoisotopic (exact) mass is 286 g/mol. The molecule has 1 aliphatic rings. The van der Waals surface area contributed by atoms with E-state index in [0.29, 0.717) is 6.04 Å². The zero-order valence-electron chi connectivity index (χ0n) is 11.8. The number of nitrogens with one attached hydrogen (secondary N) is 1.